The number of nitrogens with one attached hydrogen (secondary N) is 1. The first-order valence-electron chi connectivity index (χ1n) is 7.18. The molecule has 2 nitrogen and oxygen atoms in total. The highest BCUT2D eigenvalue weighted by molar-refractivity contribution is 5.82. The number of allylic oxidation sites excluding steroid dienone is 3. The molecule has 1 N–H and O–H groups in total. The van der Waals surface area contributed by atoms with Gasteiger partial charge in [0.05, 0.1) is 13.2 Å². The van der Waals surface area contributed by atoms with Crippen LogP contribution in [0.1, 0.15) is 32.8 Å². The minimum Gasteiger partial charge on any atom is -0.497 e. The van der Waals surface area contributed by atoms with Crippen LogP contribution < -0.4 is 10.1 Å². The SMILES string of the molecule is C/C=C\C(=C/C)C1C=C(CC)c2ccc(OC)cc2N1. The third-order valence-corrected chi connectivity index (χ3v) is 3.68. The van der Waals surface area contributed by atoms with E-state index in [1.807, 2.05) is 13.0 Å². The van der Waals surface area contributed by atoms with Crippen LogP contribution in [-0.4, -0.2) is 13.2 Å². The Labute approximate surface area is 121 Å². The van der Waals surface area contributed by atoms with Gasteiger partial charge in [0.15, 0.2) is 0 Å². The van der Waals surface area contributed by atoms with Crippen LogP contribution in [0.25, 0.3) is 5.57 Å². The molecule has 0 saturated heterocycles. The largest absolute Gasteiger partial charge is 0.497 e. The average molecular weight is 269 g/mol. The van der Waals surface area contributed by atoms with Crippen LogP contribution in [0, 0.1) is 0 Å². The van der Waals surface area contributed by atoms with Gasteiger partial charge in [0, 0.05) is 17.3 Å². The third-order valence-electron chi connectivity index (χ3n) is 3.68. The minimum atomic E-state index is 0.228. The molecule has 1 aromatic rings. The maximum atomic E-state index is 5.33. The van der Waals surface area contributed by atoms with Crippen molar-refractivity contribution in [3.05, 3.63) is 53.6 Å². The molecule has 1 aliphatic heterocycles. The van der Waals surface area contributed by atoms with Gasteiger partial charge >= 0.3 is 0 Å². The van der Waals surface area contributed by atoms with E-state index in [2.05, 4.69) is 55.6 Å². The van der Waals surface area contributed by atoms with Crippen molar-refractivity contribution in [2.45, 2.75) is 33.2 Å². The van der Waals surface area contributed by atoms with E-state index in [9.17, 15) is 0 Å². The van der Waals surface area contributed by atoms with E-state index in [0.29, 0.717) is 0 Å². The van der Waals surface area contributed by atoms with Crippen LogP contribution in [0.15, 0.2) is 48.1 Å². The van der Waals surface area contributed by atoms with Gasteiger partial charge in [0.2, 0.25) is 0 Å². The fourth-order valence-corrected chi connectivity index (χ4v) is 2.61. The third kappa shape index (κ3) is 2.79. The Bertz CT molecular complexity index is 567. The van der Waals surface area contributed by atoms with Gasteiger partial charge in [-0.15, -0.1) is 0 Å². The highest BCUT2D eigenvalue weighted by Crippen LogP contribution is 2.35. The van der Waals surface area contributed by atoms with Gasteiger partial charge in [-0.3, -0.25) is 0 Å². The molecule has 0 aliphatic carbocycles. The van der Waals surface area contributed by atoms with Crippen LogP contribution in [0.4, 0.5) is 5.69 Å². The second kappa shape index (κ2) is 6.47. The Morgan fingerprint density at radius 3 is 2.75 bits per heavy atom. The van der Waals surface area contributed by atoms with Crippen molar-refractivity contribution in [1.82, 2.24) is 0 Å². The van der Waals surface area contributed by atoms with Crippen LogP contribution in [0.3, 0.4) is 0 Å². The quantitative estimate of drug-likeness (QED) is 0.792. The van der Waals surface area contributed by atoms with E-state index >= 15 is 0 Å². The predicted octanol–water partition coefficient (Wildman–Crippen LogP) is 4.81. The average Bonchev–Trinajstić information content (AvgIpc) is 2.50. The standard InChI is InChI=1S/C18H23NO/c1-5-8-13(6-2)17-11-14(7-3)16-10-9-15(20-4)12-18(16)19-17/h5-6,8-12,17,19H,7H2,1-4H3/b8-5-,13-6+. The summed E-state index contributed by atoms with van der Waals surface area (Å²) in [5.41, 5.74) is 5.10. The summed E-state index contributed by atoms with van der Waals surface area (Å²) in [6.07, 6.45) is 9.76. The molecule has 0 saturated carbocycles. The zero-order chi connectivity index (χ0) is 14.5. The minimum absolute atomic E-state index is 0.228. The summed E-state index contributed by atoms with van der Waals surface area (Å²) in [5, 5.41) is 3.60. The first-order chi connectivity index (χ1) is 9.73. The van der Waals surface area contributed by atoms with Gasteiger partial charge in [0.1, 0.15) is 5.75 Å². The molecule has 0 spiro atoms. The summed E-state index contributed by atoms with van der Waals surface area (Å²) in [4.78, 5) is 0. The molecule has 1 unspecified atom stereocenters. The van der Waals surface area contributed by atoms with E-state index in [-0.39, 0.29) is 6.04 Å². The highest BCUT2D eigenvalue weighted by atomic mass is 16.5. The zero-order valence-electron chi connectivity index (χ0n) is 12.7. The number of benzene rings is 1. The molecule has 1 atom stereocenters. The smallest absolute Gasteiger partial charge is 0.120 e. The Morgan fingerprint density at radius 1 is 1.35 bits per heavy atom. The zero-order valence-corrected chi connectivity index (χ0v) is 12.7. The summed E-state index contributed by atoms with van der Waals surface area (Å²) >= 11 is 0. The molecule has 1 aliphatic rings. The lowest BCUT2D eigenvalue weighted by atomic mass is 9.91. The lowest BCUT2D eigenvalue weighted by Crippen LogP contribution is -2.23. The number of hydrogen-bond donors (Lipinski definition) is 1. The van der Waals surface area contributed by atoms with E-state index in [1.54, 1.807) is 7.11 Å². The maximum absolute atomic E-state index is 5.33. The number of hydrogen-bond acceptors (Lipinski definition) is 2. The second-order valence-electron chi connectivity index (χ2n) is 4.87. The highest BCUT2D eigenvalue weighted by Gasteiger charge is 2.19. The molecule has 1 heterocycles. The Hall–Kier alpha value is -1.96. The Balaban J connectivity index is 2.43. The number of rotatable bonds is 4. The Morgan fingerprint density at radius 2 is 2.15 bits per heavy atom. The van der Waals surface area contributed by atoms with Crippen molar-refractivity contribution in [2.75, 3.05) is 12.4 Å². The van der Waals surface area contributed by atoms with Crippen LogP contribution >= 0.6 is 0 Å². The van der Waals surface area contributed by atoms with Crippen molar-refractivity contribution in [3.63, 3.8) is 0 Å². The van der Waals surface area contributed by atoms with Crippen LogP contribution in [-0.2, 0) is 0 Å². The number of fused-ring (bicyclic) bond motifs is 1. The second-order valence-corrected chi connectivity index (χ2v) is 4.87. The molecule has 20 heavy (non-hydrogen) atoms. The van der Waals surface area contributed by atoms with Crippen molar-refractivity contribution < 1.29 is 4.74 Å². The first kappa shape index (κ1) is 14.4. The van der Waals surface area contributed by atoms with Gasteiger partial charge in [-0.25, -0.2) is 0 Å². The monoisotopic (exact) mass is 269 g/mol. The Kier molecular flexibility index (Phi) is 4.67. The fourth-order valence-electron chi connectivity index (χ4n) is 2.61. The molecule has 106 valence electrons. The molecule has 0 bridgehead atoms. The predicted molar refractivity (Wildman–Crippen MR) is 87.2 cm³/mol. The van der Waals surface area contributed by atoms with Crippen LogP contribution in [0.2, 0.25) is 0 Å². The lowest BCUT2D eigenvalue weighted by Gasteiger charge is -2.27. The van der Waals surface area contributed by atoms with Gasteiger partial charge in [-0.1, -0.05) is 31.2 Å². The first-order valence-corrected chi connectivity index (χ1v) is 7.18. The number of ether oxygens (including phenoxy) is 1. The maximum Gasteiger partial charge on any atom is 0.120 e. The van der Waals surface area contributed by atoms with Gasteiger partial charge in [-0.05, 0) is 43.5 Å². The van der Waals surface area contributed by atoms with E-state index < -0.39 is 0 Å². The summed E-state index contributed by atoms with van der Waals surface area (Å²) in [6, 6.07) is 6.46. The van der Waals surface area contributed by atoms with Crippen LogP contribution in [0.5, 0.6) is 5.75 Å². The van der Waals surface area contributed by atoms with Crippen molar-refractivity contribution >= 4 is 11.3 Å². The van der Waals surface area contributed by atoms with Crippen molar-refractivity contribution in [1.29, 1.82) is 0 Å². The molecular weight excluding hydrogens is 246 g/mol. The molecule has 2 rings (SSSR count). The lowest BCUT2D eigenvalue weighted by molar-refractivity contribution is 0.415. The van der Waals surface area contributed by atoms with Crippen molar-refractivity contribution in [3.8, 4) is 5.75 Å². The summed E-state index contributed by atoms with van der Waals surface area (Å²) in [7, 11) is 1.70. The topological polar surface area (TPSA) is 21.3 Å². The van der Waals surface area contributed by atoms with E-state index in [4.69, 9.17) is 4.74 Å². The number of methoxy groups -OCH3 is 1. The van der Waals surface area contributed by atoms with Gasteiger partial charge in [0.25, 0.3) is 0 Å². The number of anilines is 1. The normalized spacial score (nSPS) is 18.5. The van der Waals surface area contributed by atoms with E-state index in [0.717, 1.165) is 17.9 Å². The molecule has 2 heteroatoms. The summed E-state index contributed by atoms with van der Waals surface area (Å²) in [6.45, 7) is 6.33. The molecule has 0 fully saturated rings. The molecule has 0 amide bonds. The summed E-state index contributed by atoms with van der Waals surface area (Å²) < 4.78 is 5.33. The molecule has 1 aromatic carbocycles. The van der Waals surface area contributed by atoms with E-state index in [1.165, 1.54) is 16.7 Å². The molecule has 0 aromatic heterocycles. The van der Waals surface area contributed by atoms with Gasteiger partial charge in [-0.2, -0.15) is 0 Å². The summed E-state index contributed by atoms with van der Waals surface area (Å²) in [5.74, 6) is 0.889. The van der Waals surface area contributed by atoms with Gasteiger partial charge < -0.3 is 10.1 Å². The fraction of sp³-hybridized carbons (Fsp3) is 0.333. The molecule has 0 radical (unpaired) electrons. The van der Waals surface area contributed by atoms with Crippen molar-refractivity contribution in [2.24, 2.45) is 0 Å². The molecular formula is C18H23NO.